The molecule has 0 fully saturated rings. The third-order valence-electron chi connectivity index (χ3n) is 5.18. The molecule has 0 spiro atoms. The van der Waals surface area contributed by atoms with Crippen LogP contribution in [0, 0.1) is 0 Å². The van der Waals surface area contributed by atoms with Gasteiger partial charge < -0.3 is 9.15 Å². The van der Waals surface area contributed by atoms with E-state index in [2.05, 4.69) is 31.0 Å². The number of rotatable bonds is 4. The van der Waals surface area contributed by atoms with Gasteiger partial charge in [0.1, 0.15) is 5.75 Å². The second-order valence-electron chi connectivity index (χ2n) is 7.26. The van der Waals surface area contributed by atoms with Crippen molar-refractivity contribution in [1.29, 1.82) is 0 Å². The Morgan fingerprint density at radius 2 is 1.61 bits per heavy atom. The number of methoxy groups -OCH3 is 1. The number of ether oxygens (including phenoxy) is 1. The van der Waals surface area contributed by atoms with E-state index in [-0.39, 0.29) is 11.0 Å². The molecule has 28 heavy (non-hydrogen) atoms. The highest BCUT2D eigenvalue weighted by atomic mass is 16.5. The minimum Gasteiger partial charge on any atom is -0.497 e. The highest BCUT2D eigenvalue weighted by Crippen LogP contribution is 2.32. The highest BCUT2D eigenvalue weighted by molar-refractivity contribution is 5.80. The van der Waals surface area contributed by atoms with E-state index in [1.807, 2.05) is 60.7 Å². The zero-order valence-electron chi connectivity index (χ0n) is 16.1. The number of fused-ring (bicyclic) bond motifs is 1. The topological polar surface area (TPSA) is 52.3 Å². The molecule has 4 aromatic rings. The van der Waals surface area contributed by atoms with Crippen LogP contribution in [0.2, 0.25) is 0 Å². The predicted molar refractivity (Wildman–Crippen MR) is 111 cm³/mol. The first kappa shape index (κ1) is 18.0. The lowest BCUT2D eigenvalue weighted by atomic mass is 9.78. The fourth-order valence-electron chi connectivity index (χ4n) is 3.34. The first-order valence-electron chi connectivity index (χ1n) is 9.14. The first-order valence-corrected chi connectivity index (χ1v) is 9.14. The fourth-order valence-corrected chi connectivity index (χ4v) is 3.34. The van der Waals surface area contributed by atoms with Crippen LogP contribution in [0.1, 0.15) is 25.0 Å². The van der Waals surface area contributed by atoms with Crippen molar-refractivity contribution >= 4 is 10.9 Å². The Morgan fingerprint density at radius 1 is 0.893 bits per heavy atom. The summed E-state index contributed by atoms with van der Waals surface area (Å²) in [4.78, 5) is 17.2. The number of nitrogens with zero attached hydrogens (tertiary/aromatic N) is 1. The maximum atomic E-state index is 12.7. The normalized spacial score (nSPS) is 11.5. The second-order valence-corrected chi connectivity index (χ2v) is 7.26. The van der Waals surface area contributed by atoms with Crippen LogP contribution in [0.15, 0.2) is 82.0 Å². The van der Waals surface area contributed by atoms with Gasteiger partial charge in [-0.25, -0.2) is 9.78 Å². The zero-order chi connectivity index (χ0) is 19.7. The molecular weight excluding hydrogens is 350 g/mol. The SMILES string of the molecule is COc1ccc(-c2nc3ccc(C(C)(C)c4ccccc4)cc3c(=O)o2)cc1. The zero-order valence-corrected chi connectivity index (χ0v) is 16.1. The minimum absolute atomic E-state index is 0.240. The molecule has 1 aromatic heterocycles. The minimum atomic E-state index is -0.387. The van der Waals surface area contributed by atoms with E-state index >= 15 is 0 Å². The van der Waals surface area contributed by atoms with Crippen LogP contribution in [-0.2, 0) is 5.41 Å². The van der Waals surface area contributed by atoms with Crippen molar-refractivity contribution in [3.63, 3.8) is 0 Å². The number of aromatic nitrogens is 1. The summed E-state index contributed by atoms with van der Waals surface area (Å²) in [5.41, 5.74) is 2.94. The van der Waals surface area contributed by atoms with Crippen LogP contribution >= 0.6 is 0 Å². The first-order chi connectivity index (χ1) is 13.5. The van der Waals surface area contributed by atoms with Crippen LogP contribution in [0.5, 0.6) is 5.75 Å². The predicted octanol–water partition coefficient (Wildman–Crippen LogP) is 5.19. The summed E-state index contributed by atoms with van der Waals surface area (Å²) in [5, 5.41) is 0.485. The standard InChI is InChI=1S/C24H21NO3/c1-24(2,17-7-5-4-6-8-17)18-11-14-21-20(15-18)23(26)28-22(25-21)16-9-12-19(27-3)13-10-16/h4-15H,1-3H3. The Balaban J connectivity index is 1.79. The third kappa shape index (κ3) is 3.18. The van der Waals surface area contributed by atoms with Gasteiger partial charge in [-0.1, -0.05) is 50.2 Å². The van der Waals surface area contributed by atoms with Crippen molar-refractivity contribution in [3.05, 3.63) is 94.3 Å². The van der Waals surface area contributed by atoms with Crippen LogP contribution in [0.3, 0.4) is 0 Å². The molecular formula is C24H21NO3. The smallest absolute Gasteiger partial charge is 0.347 e. The molecule has 0 amide bonds. The molecule has 0 N–H and O–H groups in total. The van der Waals surface area contributed by atoms with Crippen molar-refractivity contribution in [2.24, 2.45) is 0 Å². The van der Waals surface area contributed by atoms with E-state index in [0.29, 0.717) is 16.8 Å². The largest absolute Gasteiger partial charge is 0.497 e. The van der Waals surface area contributed by atoms with Gasteiger partial charge in [0.05, 0.1) is 18.0 Å². The molecule has 4 nitrogen and oxygen atoms in total. The van der Waals surface area contributed by atoms with Gasteiger partial charge in [-0.2, -0.15) is 0 Å². The van der Waals surface area contributed by atoms with Crippen molar-refractivity contribution in [2.75, 3.05) is 7.11 Å². The van der Waals surface area contributed by atoms with Crippen molar-refractivity contribution < 1.29 is 9.15 Å². The molecule has 0 aliphatic carbocycles. The molecule has 4 heteroatoms. The summed E-state index contributed by atoms with van der Waals surface area (Å²) in [6.07, 6.45) is 0. The molecule has 0 aliphatic rings. The molecule has 140 valence electrons. The fraction of sp³-hybridized carbons (Fsp3) is 0.167. The Hall–Kier alpha value is -3.40. The van der Waals surface area contributed by atoms with Crippen molar-refractivity contribution in [1.82, 2.24) is 4.98 Å². The molecule has 1 heterocycles. The van der Waals surface area contributed by atoms with Crippen molar-refractivity contribution in [2.45, 2.75) is 19.3 Å². The Labute approximate surface area is 163 Å². The molecule has 0 atom stereocenters. The molecule has 0 saturated heterocycles. The maximum absolute atomic E-state index is 12.7. The second kappa shape index (κ2) is 6.97. The average molecular weight is 371 g/mol. The molecule has 0 radical (unpaired) electrons. The van der Waals surface area contributed by atoms with Crippen LogP contribution in [0.4, 0.5) is 0 Å². The lowest BCUT2D eigenvalue weighted by Gasteiger charge is -2.26. The van der Waals surface area contributed by atoms with Gasteiger partial charge >= 0.3 is 5.63 Å². The Kier molecular flexibility index (Phi) is 4.47. The maximum Gasteiger partial charge on any atom is 0.347 e. The van der Waals surface area contributed by atoms with E-state index in [1.165, 1.54) is 5.56 Å². The van der Waals surface area contributed by atoms with Crippen LogP contribution < -0.4 is 10.4 Å². The molecule has 0 aliphatic heterocycles. The summed E-state index contributed by atoms with van der Waals surface area (Å²) >= 11 is 0. The third-order valence-corrected chi connectivity index (χ3v) is 5.18. The van der Waals surface area contributed by atoms with Crippen molar-refractivity contribution in [3.8, 4) is 17.2 Å². The molecule has 4 rings (SSSR count). The quantitative estimate of drug-likeness (QED) is 0.495. The lowest BCUT2D eigenvalue weighted by Crippen LogP contribution is -2.19. The Morgan fingerprint density at radius 3 is 2.29 bits per heavy atom. The van der Waals surface area contributed by atoms with E-state index < -0.39 is 0 Å². The number of hydrogen-bond acceptors (Lipinski definition) is 4. The van der Waals surface area contributed by atoms with E-state index in [4.69, 9.17) is 9.15 Å². The molecule has 0 unspecified atom stereocenters. The number of benzene rings is 3. The van der Waals surface area contributed by atoms with E-state index in [9.17, 15) is 4.79 Å². The van der Waals surface area contributed by atoms with Gasteiger partial charge in [0.2, 0.25) is 5.89 Å². The lowest BCUT2D eigenvalue weighted by molar-refractivity contribution is 0.415. The summed E-state index contributed by atoms with van der Waals surface area (Å²) in [5.74, 6) is 1.04. The van der Waals surface area contributed by atoms with Gasteiger partial charge in [-0.15, -0.1) is 0 Å². The van der Waals surface area contributed by atoms with Crippen LogP contribution in [-0.4, -0.2) is 12.1 Å². The molecule has 0 bridgehead atoms. The number of hydrogen-bond donors (Lipinski definition) is 0. The van der Waals surface area contributed by atoms with Gasteiger partial charge in [0.15, 0.2) is 0 Å². The molecule has 0 saturated carbocycles. The summed E-state index contributed by atoms with van der Waals surface area (Å²) < 4.78 is 10.7. The van der Waals surface area contributed by atoms with Gasteiger partial charge in [0, 0.05) is 11.0 Å². The summed E-state index contributed by atoms with van der Waals surface area (Å²) in [7, 11) is 1.61. The van der Waals surface area contributed by atoms with Gasteiger partial charge in [0.25, 0.3) is 0 Å². The van der Waals surface area contributed by atoms with Gasteiger partial charge in [-0.05, 0) is 47.5 Å². The van der Waals surface area contributed by atoms with Crippen LogP contribution in [0.25, 0.3) is 22.4 Å². The highest BCUT2D eigenvalue weighted by Gasteiger charge is 2.24. The summed E-state index contributed by atoms with van der Waals surface area (Å²) in [6.45, 7) is 4.29. The van der Waals surface area contributed by atoms with Gasteiger partial charge in [-0.3, -0.25) is 0 Å². The van der Waals surface area contributed by atoms with E-state index in [0.717, 1.165) is 16.9 Å². The average Bonchev–Trinajstić information content (AvgIpc) is 2.74. The molecule has 3 aromatic carbocycles. The monoisotopic (exact) mass is 371 g/mol. The Bertz CT molecular complexity index is 1180. The van der Waals surface area contributed by atoms with E-state index in [1.54, 1.807) is 7.11 Å². The summed E-state index contributed by atoms with van der Waals surface area (Å²) in [6, 6.07) is 23.3.